The molecule has 0 radical (unpaired) electrons. The molecule has 0 atom stereocenters. The van der Waals surface area contributed by atoms with Gasteiger partial charge in [0.25, 0.3) is 0 Å². The Morgan fingerprint density at radius 3 is 2.69 bits per heavy atom. The molecular weight excluding hydrogens is 378 g/mol. The van der Waals surface area contributed by atoms with Crippen molar-refractivity contribution in [3.8, 4) is 5.75 Å². The Balaban J connectivity index is 2.01. The molecule has 0 aliphatic carbocycles. The van der Waals surface area contributed by atoms with Gasteiger partial charge in [-0.15, -0.1) is 0 Å². The topological polar surface area (TPSA) is 75.0 Å². The number of hydrogen-bond acceptors (Lipinski definition) is 7. The number of rotatable bonds is 6. The van der Waals surface area contributed by atoms with E-state index in [1.54, 1.807) is 35.7 Å². The molecule has 9 heteroatoms. The fourth-order valence-electron chi connectivity index (χ4n) is 2.33. The number of thiazole rings is 1. The lowest BCUT2D eigenvalue weighted by atomic mass is 10.2. The van der Waals surface area contributed by atoms with E-state index in [2.05, 4.69) is 10.1 Å². The highest BCUT2D eigenvalue weighted by Gasteiger charge is 2.24. The second-order valence-corrected chi connectivity index (χ2v) is 6.65. The second kappa shape index (κ2) is 7.76. The standard InChI is InChI=1S/C17H16ClN3O4S/c1-10-19-17-21(20-10)14(9-25-12-6-4-11(18)5-7-12)15(26-17)13(8-23-2)16(22)24-3/h4-8H,9H2,1-3H3. The van der Waals surface area contributed by atoms with Crippen molar-refractivity contribution in [2.24, 2.45) is 0 Å². The summed E-state index contributed by atoms with van der Waals surface area (Å²) < 4.78 is 17.4. The number of fused-ring (bicyclic) bond motifs is 1. The van der Waals surface area contributed by atoms with E-state index in [1.165, 1.54) is 31.8 Å². The van der Waals surface area contributed by atoms with Crippen molar-refractivity contribution >= 4 is 39.4 Å². The average molecular weight is 394 g/mol. The van der Waals surface area contributed by atoms with E-state index >= 15 is 0 Å². The fraction of sp³-hybridized carbons (Fsp3) is 0.235. The lowest BCUT2D eigenvalue weighted by Crippen LogP contribution is -2.08. The molecule has 1 aromatic carbocycles. The molecule has 3 rings (SSSR count). The number of methoxy groups -OCH3 is 2. The second-order valence-electron chi connectivity index (χ2n) is 5.23. The molecule has 0 fully saturated rings. The Bertz CT molecular complexity index is 962. The molecule has 0 unspecified atom stereocenters. The first-order valence-corrected chi connectivity index (χ1v) is 8.78. The van der Waals surface area contributed by atoms with E-state index in [9.17, 15) is 4.79 Å². The van der Waals surface area contributed by atoms with E-state index in [0.29, 0.717) is 32.1 Å². The molecule has 0 saturated carbocycles. The molecule has 0 amide bonds. The van der Waals surface area contributed by atoms with Crippen molar-refractivity contribution in [2.75, 3.05) is 14.2 Å². The van der Waals surface area contributed by atoms with Crippen LogP contribution < -0.4 is 4.74 Å². The molecule has 2 aromatic heterocycles. The normalized spacial score (nSPS) is 11.6. The van der Waals surface area contributed by atoms with Gasteiger partial charge < -0.3 is 14.2 Å². The minimum absolute atomic E-state index is 0.178. The predicted molar refractivity (Wildman–Crippen MR) is 98.4 cm³/mol. The zero-order valence-corrected chi connectivity index (χ0v) is 15.9. The van der Waals surface area contributed by atoms with Crippen LogP contribution in [0.2, 0.25) is 5.02 Å². The zero-order valence-electron chi connectivity index (χ0n) is 14.4. The van der Waals surface area contributed by atoms with Crippen LogP contribution in [0.5, 0.6) is 5.75 Å². The van der Waals surface area contributed by atoms with Gasteiger partial charge in [0.05, 0.1) is 25.4 Å². The summed E-state index contributed by atoms with van der Waals surface area (Å²) in [4.78, 5) is 17.8. The molecule has 0 aliphatic rings. The smallest absolute Gasteiger partial charge is 0.342 e. The molecule has 26 heavy (non-hydrogen) atoms. The first kappa shape index (κ1) is 18.2. The first-order chi connectivity index (χ1) is 12.5. The number of nitrogens with zero attached hydrogens (tertiary/aromatic N) is 3. The van der Waals surface area contributed by atoms with Crippen LogP contribution in [0.25, 0.3) is 10.5 Å². The van der Waals surface area contributed by atoms with Gasteiger partial charge in [0.15, 0.2) is 0 Å². The molecule has 2 heterocycles. The number of hydrogen-bond donors (Lipinski definition) is 0. The summed E-state index contributed by atoms with van der Waals surface area (Å²) in [6, 6.07) is 7.02. The minimum Gasteiger partial charge on any atom is -0.503 e. The van der Waals surface area contributed by atoms with Gasteiger partial charge >= 0.3 is 5.97 Å². The minimum atomic E-state index is -0.513. The molecule has 7 nitrogen and oxygen atoms in total. The van der Waals surface area contributed by atoms with Gasteiger partial charge in [0.2, 0.25) is 4.96 Å². The van der Waals surface area contributed by atoms with E-state index in [4.69, 9.17) is 25.8 Å². The fourth-order valence-corrected chi connectivity index (χ4v) is 3.55. The summed E-state index contributed by atoms with van der Waals surface area (Å²) in [6.07, 6.45) is 1.34. The molecule has 136 valence electrons. The summed E-state index contributed by atoms with van der Waals surface area (Å²) in [6.45, 7) is 1.98. The number of aryl methyl sites for hydroxylation is 1. The van der Waals surface area contributed by atoms with Crippen LogP contribution in [-0.2, 0) is 20.9 Å². The Morgan fingerprint density at radius 1 is 1.31 bits per heavy atom. The van der Waals surface area contributed by atoms with Gasteiger partial charge in [-0.05, 0) is 31.2 Å². The first-order valence-electron chi connectivity index (χ1n) is 7.58. The van der Waals surface area contributed by atoms with E-state index < -0.39 is 5.97 Å². The Kier molecular flexibility index (Phi) is 5.43. The summed E-state index contributed by atoms with van der Waals surface area (Å²) in [5.41, 5.74) is 0.953. The molecule has 0 spiro atoms. The molecule has 0 bridgehead atoms. The van der Waals surface area contributed by atoms with Gasteiger partial charge in [-0.25, -0.2) is 14.3 Å². The van der Waals surface area contributed by atoms with Gasteiger partial charge in [-0.1, -0.05) is 22.9 Å². The van der Waals surface area contributed by atoms with Gasteiger partial charge in [0, 0.05) is 5.02 Å². The van der Waals surface area contributed by atoms with Crippen LogP contribution in [0.15, 0.2) is 30.5 Å². The molecule has 3 aromatic rings. The lowest BCUT2D eigenvalue weighted by Gasteiger charge is -2.09. The van der Waals surface area contributed by atoms with Gasteiger partial charge in [0.1, 0.15) is 29.4 Å². The number of carbonyl (C=O) groups excluding carboxylic acids is 1. The van der Waals surface area contributed by atoms with Gasteiger partial charge in [-0.3, -0.25) is 0 Å². The largest absolute Gasteiger partial charge is 0.503 e. The Hall–Kier alpha value is -2.58. The van der Waals surface area contributed by atoms with E-state index in [-0.39, 0.29) is 12.2 Å². The number of ether oxygens (including phenoxy) is 3. The number of halogens is 1. The predicted octanol–water partition coefficient (Wildman–Crippen LogP) is 3.49. The maximum Gasteiger partial charge on any atom is 0.342 e. The van der Waals surface area contributed by atoms with Crippen molar-refractivity contribution in [1.82, 2.24) is 14.6 Å². The van der Waals surface area contributed by atoms with Crippen molar-refractivity contribution in [3.05, 3.63) is 51.9 Å². The summed E-state index contributed by atoms with van der Waals surface area (Å²) in [5, 5.41) is 5.01. The Morgan fingerprint density at radius 2 is 2.04 bits per heavy atom. The van der Waals surface area contributed by atoms with Crippen molar-refractivity contribution in [3.63, 3.8) is 0 Å². The molecular formula is C17H16ClN3O4S. The van der Waals surface area contributed by atoms with Crippen molar-refractivity contribution in [2.45, 2.75) is 13.5 Å². The number of benzene rings is 1. The average Bonchev–Trinajstić information content (AvgIpc) is 3.14. The third-order valence-corrected chi connectivity index (χ3v) is 4.83. The van der Waals surface area contributed by atoms with Crippen LogP contribution in [0, 0.1) is 6.92 Å². The summed E-state index contributed by atoms with van der Waals surface area (Å²) >= 11 is 7.21. The quantitative estimate of drug-likeness (QED) is 0.362. The summed E-state index contributed by atoms with van der Waals surface area (Å²) in [7, 11) is 2.78. The highest BCUT2D eigenvalue weighted by Crippen LogP contribution is 2.31. The third kappa shape index (κ3) is 3.66. The van der Waals surface area contributed by atoms with E-state index in [1.807, 2.05) is 0 Å². The number of aromatic nitrogens is 3. The monoisotopic (exact) mass is 393 g/mol. The Labute approximate surface area is 158 Å². The molecule has 0 N–H and O–H groups in total. The molecule has 0 aliphatic heterocycles. The van der Waals surface area contributed by atoms with Crippen molar-refractivity contribution < 1.29 is 19.0 Å². The highest BCUT2D eigenvalue weighted by molar-refractivity contribution is 7.18. The number of esters is 1. The van der Waals surface area contributed by atoms with Crippen LogP contribution in [0.1, 0.15) is 16.4 Å². The van der Waals surface area contributed by atoms with E-state index in [0.717, 1.165) is 0 Å². The van der Waals surface area contributed by atoms with Crippen molar-refractivity contribution in [1.29, 1.82) is 0 Å². The van der Waals surface area contributed by atoms with Gasteiger partial charge in [-0.2, -0.15) is 5.10 Å². The van der Waals surface area contributed by atoms with Crippen LogP contribution >= 0.6 is 22.9 Å². The molecule has 0 saturated heterocycles. The highest BCUT2D eigenvalue weighted by atomic mass is 35.5. The van der Waals surface area contributed by atoms with Crippen LogP contribution in [0.4, 0.5) is 0 Å². The third-order valence-electron chi connectivity index (χ3n) is 3.47. The maximum atomic E-state index is 12.2. The lowest BCUT2D eigenvalue weighted by molar-refractivity contribution is -0.133. The zero-order chi connectivity index (χ0) is 18.7. The number of carbonyl (C=O) groups is 1. The SMILES string of the molecule is COC=C(C(=O)OC)c1sc2nc(C)nn2c1COc1ccc(Cl)cc1. The maximum absolute atomic E-state index is 12.2. The van der Waals surface area contributed by atoms with Crippen LogP contribution in [0.3, 0.4) is 0 Å². The summed E-state index contributed by atoms with van der Waals surface area (Å²) in [5.74, 6) is 0.763. The van der Waals surface area contributed by atoms with Crippen LogP contribution in [-0.4, -0.2) is 34.8 Å².